The standard InChI is InChI=1S/C11H17N5O3S2/c1-2-4-13-9-10(16-6-7-20-11(16)15-9)21(18,19)14-5-3-8(12)17/h6-7,13-14H,2-5H2,1H3,(H2,12,17). The molecule has 116 valence electrons. The van der Waals surface area contributed by atoms with E-state index in [0.29, 0.717) is 17.3 Å². The van der Waals surface area contributed by atoms with E-state index in [1.807, 2.05) is 6.92 Å². The summed E-state index contributed by atoms with van der Waals surface area (Å²) in [7, 11) is -3.78. The summed E-state index contributed by atoms with van der Waals surface area (Å²) in [5, 5.41) is 4.82. The summed E-state index contributed by atoms with van der Waals surface area (Å²) in [5.41, 5.74) is 5.01. The van der Waals surface area contributed by atoms with Crippen molar-refractivity contribution in [2.75, 3.05) is 18.4 Å². The van der Waals surface area contributed by atoms with Gasteiger partial charge < -0.3 is 11.1 Å². The molecule has 0 unspecified atom stereocenters. The predicted octanol–water partition coefficient (Wildman–Crippen LogP) is 0.371. The first kappa shape index (κ1) is 15.7. The highest BCUT2D eigenvalue weighted by molar-refractivity contribution is 7.89. The van der Waals surface area contributed by atoms with Gasteiger partial charge in [-0.3, -0.25) is 9.20 Å². The number of imidazole rings is 1. The van der Waals surface area contributed by atoms with Gasteiger partial charge in [-0.2, -0.15) is 0 Å². The van der Waals surface area contributed by atoms with E-state index >= 15 is 0 Å². The van der Waals surface area contributed by atoms with Crippen LogP contribution in [0.25, 0.3) is 4.96 Å². The van der Waals surface area contributed by atoms with Gasteiger partial charge in [0.25, 0.3) is 10.0 Å². The molecule has 10 heteroatoms. The Bertz CT molecular complexity index is 734. The summed E-state index contributed by atoms with van der Waals surface area (Å²) in [5.74, 6) is -0.244. The number of amides is 1. The van der Waals surface area contributed by atoms with Gasteiger partial charge in [0, 0.05) is 31.1 Å². The number of hydrogen-bond donors (Lipinski definition) is 3. The molecule has 0 bridgehead atoms. The number of thiazole rings is 1. The lowest BCUT2D eigenvalue weighted by atomic mass is 10.4. The van der Waals surface area contributed by atoms with Crippen LogP contribution in [0.3, 0.4) is 0 Å². The van der Waals surface area contributed by atoms with Crippen LogP contribution in [-0.4, -0.2) is 36.8 Å². The summed E-state index contributed by atoms with van der Waals surface area (Å²) < 4.78 is 28.7. The van der Waals surface area contributed by atoms with Gasteiger partial charge in [-0.1, -0.05) is 6.92 Å². The highest BCUT2D eigenvalue weighted by atomic mass is 32.2. The lowest BCUT2D eigenvalue weighted by Gasteiger charge is -2.08. The average Bonchev–Trinajstić information content (AvgIpc) is 2.94. The summed E-state index contributed by atoms with van der Waals surface area (Å²) in [4.78, 5) is 15.6. The number of carbonyl (C=O) groups excluding carboxylic acids is 1. The minimum Gasteiger partial charge on any atom is -0.370 e. The number of sulfonamides is 1. The number of aromatic nitrogens is 2. The third kappa shape index (κ3) is 3.52. The smallest absolute Gasteiger partial charge is 0.260 e. The second-order valence-electron chi connectivity index (χ2n) is 4.36. The zero-order chi connectivity index (χ0) is 15.5. The number of rotatable bonds is 8. The lowest BCUT2D eigenvalue weighted by Crippen LogP contribution is -2.29. The molecule has 1 amide bonds. The van der Waals surface area contributed by atoms with Crippen LogP contribution < -0.4 is 15.8 Å². The number of nitrogens with one attached hydrogen (secondary N) is 2. The van der Waals surface area contributed by atoms with Crippen molar-refractivity contribution in [1.82, 2.24) is 14.1 Å². The van der Waals surface area contributed by atoms with Gasteiger partial charge in [-0.25, -0.2) is 18.1 Å². The molecular weight excluding hydrogens is 314 g/mol. The van der Waals surface area contributed by atoms with E-state index in [0.717, 1.165) is 6.42 Å². The SMILES string of the molecule is CCCNc1nc2sccn2c1S(=O)(=O)NCCC(N)=O. The molecule has 0 aliphatic carbocycles. The molecule has 0 aliphatic heterocycles. The first-order chi connectivity index (χ1) is 9.95. The Kier molecular flexibility index (Phi) is 4.80. The molecule has 0 radical (unpaired) electrons. The van der Waals surface area contributed by atoms with Gasteiger partial charge >= 0.3 is 0 Å². The lowest BCUT2D eigenvalue weighted by molar-refractivity contribution is -0.117. The predicted molar refractivity (Wildman–Crippen MR) is 80.8 cm³/mol. The molecule has 2 aromatic heterocycles. The molecule has 21 heavy (non-hydrogen) atoms. The number of anilines is 1. The summed E-state index contributed by atoms with van der Waals surface area (Å²) in [6, 6.07) is 0. The van der Waals surface area contributed by atoms with Crippen LogP contribution in [-0.2, 0) is 14.8 Å². The number of fused-ring (bicyclic) bond motifs is 1. The third-order valence-corrected chi connectivity index (χ3v) is 4.92. The Hall–Kier alpha value is -1.65. The Morgan fingerprint density at radius 3 is 2.90 bits per heavy atom. The van der Waals surface area contributed by atoms with E-state index in [-0.39, 0.29) is 18.0 Å². The summed E-state index contributed by atoms with van der Waals surface area (Å²) >= 11 is 1.35. The monoisotopic (exact) mass is 331 g/mol. The minimum absolute atomic E-state index is 0.0394. The van der Waals surface area contributed by atoms with Crippen LogP contribution in [0.1, 0.15) is 19.8 Å². The summed E-state index contributed by atoms with van der Waals surface area (Å²) in [6.45, 7) is 2.56. The first-order valence-electron chi connectivity index (χ1n) is 6.43. The minimum atomic E-state index is -3.78. The molecule has 4 N–H and O–H groups in total. The van der Waals surface area contributed by atoms with Crippen molar-refractivity contribution < 1.29 is 13.2 Å². The van der Waals surface area contributed by atoms with Gasteiger partial charge in [0.05, 0.1) is 0 Å². The molecule has 8 nitrogen and oxygen atoms in total. The summed E-state index contributed by atoms with van der Waals surface area (Å²) in [6.07, 6.45) is 2.44. The van der Waals surface area contributed by atoms with E-state index < -0.39 is 15.9 Å². The van der Waals surface area contributed by atoms with Crippen LogP contribution >= 0.6 is 11.3 Å². The number of nitrogens with zero attached hydrogens (tertiary/aromatic N) is 2. The van der Waals surface area contributed by atoms with Crippen LogP contribution in [0, 0.1) is 0 Å². The number of nitrogens with two attached hydrogens (primary N) is 1. The fourth-order valence-electron chi connectivity index (χ4n) is 1.76. The van der Waals surface area contributed by atoms with E-state index in [9.17, 15) is 13.2 Å². The molecule has 2 rings (SSSR count). The molecular formula is C11H17N5O3S2. The number of hydrogen-bond acceptors (Lipinski definition) is 6. The molecule has 0 aliphatic rings. The number of primary amides is 1. The highest BCUT2D eigenvalue weighted by Crippen LogP contribution is 2.25. The fraction of sp³-hybridized carbons (Fsp3) is 0.455. The van der Waals surface area contributed by atoms with Crippen molar-refractivity contribution in [1.29, 1.82) is 0 Å². The topological polar surface area (TPSA) is 119 Å². The molecule has 0 saturated heterocycles. The zero-order valence-electron chi connectivity index (χ0n) is 11.5. The molecule has 0 spiro atoms. The first-order valence-corrected chi connectivity index (χ1v) is 8.79. The molecule has 0 fully saturated rings. The Morgan fingerprint density at radius 1 is 1.48 bits per heavy atom. The maximum Gasteiger partial charge on any atom is 0.260 e. The Labute approximate surface area is 126 Å². The van der Waals surface area contributed by atoms with Gasteiger partial charge in [-0.05, 0) is 6.42 Å². The van der Waals surface area contributed by atoms with E-state index in [4.69, 9.17) is 5.73 Å². The van der Waals surface area contributed by atoms with Crippen LogP contribution in [0.4, 0.5) is 5.82 Å². The number of carbonyl (C=O) groups is 1. The van der Waals surface area contributed by atoms with Gasteiger partial charge in [0.15, 0.2) is 15.8 Å². The Morgan fingerprint density at radius 2 is 2.24 bits per heavy atom. The molecule has 2 aromatic rings. The van der Waals surface area contributed by atoms with Crippen molar-refractivity contribution in [3.63, 3.8) is 0 Å². The van der Waals surface area contributed by atoms with Crippen LogP contribution in [0.15, 0.2) is 16.6 Å². The van der Waals surface area contributed by atoms with Crippen molar-refractivity contribution in [3.8, 4) is 0 Å². The molecule has 0 atom stereocenters. The average molecular weight is 331 g/mol. The molecule has 2 heterocycles. The maximum absolute atomic E-state index is 12.4. The second kappa shape index (κ2) is 6.41. The van der Waals surface area contributed by atoms with Gasteiger partial charge in [0.1, 0.15) is 0 Å². The van der Waals surface area contributed by atoms with E-state index in [1.54, 1.807) is 11.6 Å². The van der Waals surface area contributed by atoms with Crippen LogP contribution in [0.2, 0.25) is 0 Å². The van der Waals surface area contributed by atoms with Crippen molar-refractivity contribution in [2.45, 2.75) is 24.8 Å². The van der Waals surface area contributed by atoms with E-state index in [1.165, 1.54) is 15.7 Å². The fourth-order valence-corrected chi connectivity index (χ4v) is 3.82. The second-order valence-corrected chi connectivity index (χ2v) is 6.92. The normalized spacial score (nSPS) is 11.9. The zero-order valence-corrected chi connectivity index (χ0v) is 13.1. The maximum atomic E-state index is 12.4. The largest absolute Gasteiger partial charge is 0.370 e. The molecule has 0 saturated carbocycles. The van der Waals surface area contributed by atoms with Gasteiger partial charge in [-0.15, -0.1) is 11.3 Å². The van der Waals surface area contributed by atoms with Gasteiger partial charge in [0.2, 0.25) is 5.91 Å². The van der Waals surface area contributed by atoms with E-state index in [2.05, 4.69) is 15.0 Å². The van der Waals surface area contributed by atoms with Crippen molar-refractivity contribution in [3.05, 3.63) is 11.6 Å². The Balaban J connectivity index is 2.33. The quantitative estimate of drug-likeness (QED) is 0.646. The highest BCUT2D eigenvalue weighted by Gasteiger charge is 2.25. The molecule has 0 aromatic carbocycles. The van der Waals surface area contributed by atoms with Crippen molar-refractivity contribution in [2.24, 2.45) is 5.73 Å². The van der Waals surface area contributed by atoms with Crippen LogP contribution in [0.5, 0.6) is 0 Å². The van der Waals surface area contributed by atoms with Crippen molar-refractivity contribution >= 4 is 38.0 Å². The third-order valence-electron chi connectivity index (χ3n) is 2.68.